The number of fused-ring (bicyclic) bond motifs is 2. The summed E-state index contributed by atoms with van der Waals surface area (Å²) in [5.74, 6) is -0.748. The van der Waals surface area contributed by atoms with Gasteiger partial charge in [-0.25, -0.2) is 4.39 Å². The van der Waals surface area contributed by atoms with Crippen molar-refractivity contribution in [2.24, 2.45) is 0 Å². The van der Waals surface area contributed by atoms with Gasteiger partial charge in [-0.2, -0.15) is 0 Å². The predicted octanol–water partition coefficient (Wildman–Crippen LogP) is 4.13. The standard InChI is InChI=1S/C22H16FNO2/c23-13-10-8-12(9-11-13)18-19-16(6-3-7-17(19)25)24-21-14-4-1-2-5-15(14)22(26)20(18)21/h1-2,4-5,8-11,18,24H,3,6-7H2/t18-/m1/s1. The van der Waals surface area contributed by atoms with Crippen LogP contribution in [0.1, 0.15) is 46.7 Å². The lowest BCUT2D eigenvalue weighted by atomic mass is 9.75. The average Bonchev–Trinajstić information content (AvgIpc) is 2.94. The number of Topliss-reactive ketones (excluding diaryl/α,β-unsaturated/α-hetero) is 2. The summed E-state index contributed by atoms with van der Waals surface area (Å²) in [6.45, 7) is 0. The molecule has 1 N–H and O–H groups in total. The second-order valence-corrected chi connectivity index (χ2v) is 6.94. The number of halogens is 1. The first-order valence-electron chi connectivity index (χ1n) is 8.82. The Bertz CT molecular complexity index is 1030. The van der Waals surface area contributed by atoms with E-state index in [0.717, 1.165) is 35.4 Å². The third-order valence-electron chi connectivity index (χ3n) is 5.47. The lowest BCUT2D eigenvalue weighted by Gasteiger charge is -2.33. The summed E-state index contributed by atoms with van der Waals surface area (Å²) >= 11 is 0. The Hall–Kier alpha value is -3.01. The largest absolute Gasteiger partial charge is 0.358 e. The lowest BCUT2D eigenvalue weighted by Crippen LogP contribution is -2.31. The zero-order valence-corrected chi connectivity index (χ0v) is 14.0. The van der Waals surface area contributed by atoms with Crippen molar-refractivity contribution in [1.29, 1.82) is 0 Å². The van der Waals surface area contributed by atoms with Crippen LogP contribution in [0.15, 0.2) is 65.4 Å². The molecule has 0 bridgehead atoms. The van der Waals surface area contributed by atoms with Crippen LogP contribution < -0.4 is 5.32 Å². The van der Waals surface area contributed by atoms with E-state index in [-0.39, 0.29) is 17.4 Å². The third-order valence-corrected chi connectivity index (χ3v) is 5.47. The molecule has 3 nitrogen and oxygen atoms in total. The highest BCUT2D eigenvalue weighted by Crippen LogP contribution is 2.48. The zero-order chi connectivity index (χ0) is 17.8. The summed E-state index contributed by atoms with van der Waals surface area (Å²) in [4.78, 5) is 25.9. The fraction of sp³-hybridized carbons (Fsp3) is 0.182. The van der Waals surface area contributed by atoms with Gasteiger partial charge in [-0.1, -0.05) is 36.4 Å². The Morgan fingerprint density at radius 3 is 2.38 bits per heavy atom. The summed E-state index contributed by atoms with van der Waals surface area (Å²) in [6.07, 6.45) is 2.08. The fourth-order valence-electron chi connectivity index (χ4n) is 4.33. The van der Waals surface area contributed by atoms with Gasteiger partial charge in [0.25, 0.3) is 0 Å². The molecule has 26 heavy (non-hydrogen) atoms. The number of allylic oxidation sites excluding steroid dienone is 3. The Morgan fingerprint density at radius 2 is 1.62 bits per heavy atom. The monoisotopic (exact) mass is 345 g/mol. The minimum Gasteiger partial charge on any atom is -0.358 e. The predicted molar refractivity (Wildman–Crippen MR) is 95.9 cm³/mol. The van der Waals surface area contributed by atoms with E-state index in [9.17, 15) is 14.0 Å². The van der Waals surface area contributed by atoms with Crippen LogP contribution in [0.3, 0.4) is 0 Å². The Morgan fingerprint density at radius 1 is 0.885 bits per heavy atom. The molecule has 4 heteroatoms. The molecule has 0 radical (unpaired) electrons. The summed E-state index contributed by atoms with van der Waals surface area (Å²) in [5, 5.41) is 3.39. The Balaban J connectivity index is 1.75. The quantitative estimate of drug-likeness (QED) is 0.845. The number of rotatable bonds is 1. The van der Waals surface area contributed by atoms with Gasteiger partial charge < -0.3 is 5.32 Å². The first-order chi connectivity index (χ1) is 12.6. The molecule has 128 valence electrons. The minimum atomic E-state index is -0.436. The normalized spacial score (nSPS) is 21.3. The SMILES string of the molecule is O=C1CCCC2=C1[C@@H](c1ccc(F)cc1)C1=C(N2)c2ccccc2C1=O. The van der Waals surface area contributed by atoms with Crippen LogP contribution in [0.5, 0.6) is 0 Å². The molecule has 0 fully saturated rings. The van der Waals surface area contributed by atoms with Gasteiger partial charge in [-0.3, -0.25) is 9.59 Å². The summed E-state index contributed by atoms with van der Waals surface area (Å²) in [5.41, 5.74) is 5.29. The lowest BCUT2D eigenvalue weighted by molar-refractivity contribution is -0.116. The number of nitrogens with one attached hydrogen (secondary N) is 1. The van der Waals surface area contributed by atoms with Gasteiger partial charge >= 0.3 is 0 Å². The van der Waals surface area contributed by atoms with E-state index in [0.29, 0.717) is 23.1 Å². The molecule has 0 unspecified atom stereocenters. The highest BCUT2D eigenvalue weighted by Gasteiger charge is 2.43. The van der Waals surface area contributed by atoms with Gasteiger partial charge in [0.15, 0.2) is 11.6 Å². The molecule has 1 atom stereocenters. The molecule has 2 aromatic carbocycles. The number of carbonyl (C=O) groups is 2. The van der Waals surface area contributed by atoms with Crippen LogP contribution in [0, 0.1) is 5.82 Å². The second kappa shape index (κ2) is 5.49. The highest BCUT2D eigenvalue weighted by atomic mass is 19.1. The number of benzene rings is 2. The average molecular weight is 345 g/mol. The molecule has 0 amide bonds. The topological polar surface area (TPSA) is 46.2 Å². The number of hydrogen-bond acceptors (Lipinski definition) is 3. The van der Waals surface area contributed by atoms with E-state index in [2.05, 4.69) is 5.32 Å². The van der Waals surface area contributed by atoms with Crippen LogP contribution >= 0.6 is 0 Å². The van der Waals surface area contributed by atoms with Crippen LogP contribution in [0.2, 0.25) is 0 Å². The number of ketones is 2. The number of carbonyl (C=O) groups excluding carboxylic acids is 2. The molecule has 2 aromatic rings. The molecule has 0 saturated carbocycles. The molecule has 3 aliphatic rings. The van der Waals surface area contributed by atoms with E-state index in [1.807, 2.05) is 24.3 Å². The maximum Gasteiger partial charge on any atom is 0.192 e. The Labute approximate surface area is 150 Å². The molecule has 0 spiro atoms. The fourth-order valence-corrected chi connectivity index (χ4v) is 4.33. The highest BCUT2D eigenvalue weighted by molar-refractivity contribution is 6.23. The third kappa shape index (κ3) is 2.05. The van der Waals surface area contributed by atoms with E-state index in [4.69, 9.17) is 0 Å². The zero-order valence-electron chi connectivity index (χ0n) is 14.0. The van der Waals surface area contributed by atoms with Crippen molar-refractivity contribution < 1.29 is 14.0 Å². The number of hydrogen-bond donors (Lipinski definition) is 1. The molecular formula is C22H16FNO2. The van der Waals surface area contributed by atoms with Gasteiger partial charge in [0.2, 0.25) is 0 Å². The minimum absolute atomic E-state index is 0.0534. The van der Waals surface area contributed by atoms with E-state index >= 15 is 0 Å². The van der Waals surface area contributed by atoms with Crippen molar-refractivity contribution in [3.8, 4) is 0 Å². The van der Waals surface area contributed by atoms with Crippen LogP contribution in [0.4, 0.5) is 4.39 Å². The first kappa shape index (κ1) is 15.3. The van der Waals surface area contributed by atoms with E-state index in [1.165, 1.54) is 12.1 Å². The molecule has 5 rings (SSSR count). The molecule has 0 saturated heterocycles. The van der Waals surface area contributed by atoms with Gasteiger partial charge in [-0.05, 0) is 30.5 Å². The molecule has 2 aliphatic carbocycles. The smallest absolute Gasteiger partial charge is 0.192 e. The summed E-state index contributed by atoms with van der Waals surface area (Å²) in [6, 6.07) is 13.6. The van der Waals surface area contributed by atoms with Crippen LogP contribution in [-0.4, -0.2) is 11.6 Å². The molecular weight excluding hydrogens is 329 g/mol. The van der Waals surface area contributed by atoms with Crippen LogP contribution in [0.25, 0.3) is 5.70 Å². The van der Waals surface area contributed by atoms with Crippen LogP contribution in [-0.2, 0) is 4.79 Å². The molecule has 0 aromatic heterocycles. The van der Waals surface area contributed by atoms with E-state index < -0.39 is 5.92 Å². The summed E-state index contributed by atoms with van der Waals surface area (Å²) < 4.78 is 13.5. The maximum absolute atomic E-state index is 13.5. The van der Waals surface area contributed by atoms with Crippen molar-refractivity contribution in [3.05, 3.63) is 87.9 Å². The van der Waals surface area contributed by atoms with Crippen molar-refractivity contribution in [2.75, 3.05) is 0 Å². The second-order valence-electron chi connectivity index (χ2n) is 6.94. The van der Waals surface area contributed by atoms with Gasteiger partial charge in [0.05, 0.1) is 5.70 Å². The number of dihydropyridines is 1. The van der Waals surface area contributed by atoms with Crippen molar-refractivity contribution >= 4 is 17.3 Å². The van der Waals surface area contributed by atoms with Gasteiger partial charge in [0, 0.05) is 40.3 Å². The molecule has 1 aliphatic heterocycles. The van der Waals surface area contributed by atoms with E-state index in [1.54, 1.807) is 12.1 Å². The first-order valence-corrected chi connectivity index (χ1v) is 8.82. The van der Waals surface area contributed by atoms with Crippen molar-refractivity contribution in [1.82, 2.24) is 5.32 Å². The summed E-state index contributed by atoms with van der Waals surface area (Å²) in [7, 11) is 0. The van der Waals surface area contributed by atoms with Crippen molar-refractivity contribution in [2.45, 2.75) is 25.2 Å². The molecule has 1 heterocycles. The van der Waals surface area contributed by atoms with Crippen molar-refractivity contribution in [3.63, 3.8) is 0 Å². The maximum atomic E-state index is 13.5. The Kier molecular flexibility index (Phi) is 3.23. The van der Waals surface area contributed by atoms with Gasteiger partial charge in [0.1, 0.15) is 5.82 Å². The van der Waals surface area contributed by atoms with Gasteiger partial charge in [-0.15, -0.1) is 0 Å².